The Morgan fingerprint density at radius 1 is 1.27 bits per heavy atom. The van der Waals surface area contributed by atoms with Crippen LogP contribution in [-0.4, -0.2) is 17.7 Å². The van der Waals surface area contributed by atoms with Gasteiger partial charge in [0, 0.05) is 11.3 Å². The van der Waals surface area contributed by atoms with Crippen molar-refractivity contribution in [1.29, 1.82) is 0 Å². The molecule has 1 N–H and O–H groups in total. The summed E-state index contributed by atoms with van der Waals surface area (Å²) in [6, 6.07) is 5.06. The van der Waals surface area contributed by atoms with Crippen LogP contribution in [0.1, 0.15) is 40.2 Å². The van der Waals surface area contributed by atoms with E-state index in [-0.39, 0.29) is 0 Å². The van der Waals surface area contributed by atoms with E-state index in [4.69, 9.17) is 9.47 Å². The van der Waals surface area contributed by atoms with Crippen molar-refractivity contribution in [1.82, 2.24) is 0 Å². The van der Waals surface area contributed by atoms with Crippen LogP contribution in [0.25, 0.3) is 0 Å². The summed E-state index contributed by atoms with van der Waals surface area (Å²) in [6.07, 6.45) is 0.129. The maximum absolute atomic E-state index is 11.7. The van der Waals surface area contributed by atoms with E-state index < -0.39 is 17.7 Å². The summed E-state index contributed by atoms with van der Waals surface area (Å²) in [5.41, 5.74) is 1.16. The highest BCUT2D eigenvalue weighted by molar-refractivity contribution is 5.89. The van der Waals surface area contributed by atoms with Gasteiger partial charge in [0.25, 0.3) is 0 Å². The molecule has 0 aliphatic heterocycles. The number of esters is 1. The van der Waals surface area contributed by atoms with Crippen LogP contribution in [0.15, 0.2) is 30.4 Å². The van der Waals surface area contributed by atoms with Crippen LogP contribution < -0.4 is 10.1 Å². The molecule has 0 atom stereocenters. The molecule has 0 aromatic heterocycles. The number of aryl methyl sites for hydroxylation is 1. The lowest BCUT2D eigenvalue weighted by atomic mass is 10.1. The molecule has 5 nitrogen and oxygen atoms in total. The summed E-state index contributed by atoms with van der Waals surface area (Å²) in [5, 5.41) is 2.66. The molecular weight excluding hydrogens is 282 g/mol. The van der Waals surface area contributed by atoms with Crippen molar-refractivity contribution >= 4 is 17.7 Å². The lowest BCUT2D eigenvalue weighted by Crippen LogP contribution is -2.27. The molecule has 0 unspecified atom stereocenters. The van der Waals surface area contributed by atoms with Gasteiger partial charge >= 0.3 is 12.1 Å². The van der Waals surface area contributed by atoms with E-state index in [0.29, 0.717) is 23.4 Å². The molecule has 120 valence electrons. The zero-order chi connectivity index (χ0) is 16.9. The first-order valence-corrected chi connectivity index (χ1v) is 7.13. The smallest absolute Gasteiger partial charge is 0.412 e. The van der Waals surface area contributed by atoms with Gasteiger partial charge in [-0.2, -0.15) is 0 Å². The van der Waals surface area contributed by atoms with Crippen LogP contribution in [0, 0.1) is 0 Å². The third-order valence-corrected chi connectivity index (χ3v) is 2.64. The summed E-state index contributed by atoms with van der Waals surface area (Å²) < 4.78 is 10.5. The van der Waals surface area contributed by atoms with E-state index in [1.165, 1.54) is 0 Å². The third kappa shape index (κ3) is 5.60. The maximum atomic E-state index is 11.7. The van der Waals surface area contributed by atoms with E-state index >= 15 is 0 Å². The Labute approximate surface area is 131 Å². The number of rotatable bonds is 4. The van der Waals surface area contributed by atoms with Crippen LogP contribution >= 0.6 is 0 Å². The molecule has 1 rings (SSSR count). The first-order valence-electron chi connectivity index (χ1n) is 7.13. The summed E-state index contributed by atoms with van der Waals surface area (Å²) in [4.78, 5) is 23.3. The highest BCUT2D eigenvalue weighted by Gasteiger charge is 2.17. The van der Waals surface area contributed by atoms with Crippen molar-refractivity contribution < 1.29 is 19.1 Å². The SMILES string of the molecule is C=C(C)C(=O)Oc1ccc(NC(=O)OC(C)(C)C)cc1CC. The zero-order valence-corrected chi connectivity index (χ0v) is 13.8. The highest BCUT2D eigenvalue weighted by Crippen LogP contribution is 2.24. The Morgan fingerprint density at radius 2 is 1.91 bits per heavy atom. The van der Waals surface area contributed by atoms with Gasteiger partial charge < -0.3 is 9.47 Å². The highest BCUT2D eigenvalue weighted by atomic mass is 16.6. The minimum Gasteiger partial charge on any atom is -0.444 e. The van der Waals surface area contributed by atoms with E-state index in [0.717, 1.165) is 5.56 Å². The molecule has 1 amide bonds. The van der Waals surface area contributed by atoms with E-state index in [9.17, 15) is 9.59 Å². The van der Waals surface area contributed by atoms with Gasteiger partial charge in [0.05, 0.1) is 0 Å². The second kappa shape index (κ2) is 7.11. The van der Waals surface area contributed by atoms with Crippen molar-refractivity contribution in [3.63, 3.8) is 0 Å². The lowest BCUT2D eigenvalue weighted by Gasteiger charge is -2.20. The normalized spacial score (nSPS) is 10.8. The quantitative estimate of drug-likeness (QED) is 0.517. The lowest BCUT2D eigenvalue weighted by molar-refractivity contribution is -0.130. The Bertz CT molecular complexity index is 585. The molecule has 0 saturated carbocycles. The summed E-state index contributed by atoms with van der Waals surface area (Å²) in [7, 11) is 0. The van der Waals surface area contributed by atoms with Gasteiger partial charge in [-0.05, 0) is 57.9 Å². The van der Waals surface area contributed by atoms with E-state index in [2.05, 4.69) is 11.9 Å². The van der Waals surface area contributed by atoms with Crippen LogP contribution in [-0.2, 0) is 16.0 Å². The van der Waals surface area contributed by atoms with E-state index in [1.807, 2.05) is 6.92 Å². The summed E-state index contributed by atoms with van der Waals surface area (Å²) in [6.45, 7) is 12.5. The second-order valence-corrected chi connectivity index (χ2v) is 5.97. The average molecular weight is 305 g/mol. The van der Waals surface area contributed by atoms with Gasteiger partial charge in [-0.3, -0.25) is 5.32 Å². The Hall–Kier alpha value is -2.30. The minimum absolute atomic E-state index is 0.331. The molecule has 5 heteroatoms. The van der Waals surface area contributed by atoms with Gasteiger partial charge in [-0.15, -0.1) is 0 Å². The fraction of sp³-hybridized carbons (Fsp3) is 0.412. The Kier molecular flexibility index (Phi) is 5.74. The van der Waals surface area contributed by atoms with Crippen LogP contribution in [0.2, 0.25) is 0 Å². The van der Waals surface area contributed by atoms with Crippen molar-refractivity contribution in [3.05, 3.63) is 35.9 Å². The molecular formula is C17H23NO4. The zero-order valence-electron chi connectivity index (χ0n) is 13.8. The molecule has 1 aromatic rings. The van der Waals surface area contributed by atoms with Crippen LogP contribution in [0.4, 0.5) is 10.5 Å². The van der Waals surface area contributed by atoms with Gasteiger partial charge in [0.2, 0.25) is 0 Å². The molecule has 0 aliphatic carbocycles. The van der Waals surface area contributed by atoms with Gasteiger partial charge in [-0.1, -0.05) is 13.5 Å². The fourth-order valence-electron chi connectivity index (χ4n) is 1.64. The second-order valence-electron chi connectivity index (χ2n) is 5.97. The predicted octanol–water partition coefficient (Wildman–Crippen LogP) is 4.08. The first-order chi connectivity index (χ1) is 10.1. The number of benzene rings is 1. The summed E-state index contributed by atoms with van der Waals surface area (Å²) >= 11 is 0. The third-order valence-electron chi connectivity index (χ3n) is 2.64. The van der Waals surface area contributed by atoms with E-state index in [1.54, 1.807) is 45.9 Å². The van der Waals surface area contributed by atoms with Gasteiger partial charge in [-0.25, -0.2) is 9.59 Å². The Morgan fingerprint density at radius 3 is 2.41 bits per heavy atom. The molecule has 0 heterocycles. The predicted molar refractivity (Wildman–Crippen MR) is 86.1 cm³/mol. The van der Waals surface area contributed by atoms with Crippen molar-refractivity contribution in [2.24, 2.45) is 0 Å². The minimum atomic E-state index is -0.561. The molecule has 0 spiro atoms. The molecule has 0 bridgehead atoms. The van der Waals surface area contributed by atoms with Crippen molar-refractivity contribution in [3.8, 4) is 5.75 Å². The Balaban J connectivity index is 2.86. The number of carbonyl (C=O) groups excluding carboxylic acids is 2. The first kappa shape index (κ1) is 17.8. The number of anilines is 1. The fourth-order valence-corrected chi connectivity index (χ4v) is 1.64. The molecule has 0 radical (unpaired) electrons. The monoisotopic (exact) mass is 305 g/mol. The van der Waals surface area contributed by atoms with Crippen LogP contribution in [0.5, 0.6) is 5.75 Å². The molecule has 1 aromatic carbocycles. The number of hydrogen-bond acceptors (Lipinski definition) is 4. The molecule has 0 fully saturated rings. The number of amides is 1. The van der Waals surface area contributed by atoms with Gasteiger partial charge in [0.1, 0.15) is 11.4 Å². The maximum Gasteiger partial charge on any atom is 0.412 e. The average Bonchev–Trinajstić information content (AvgIpc) is 2.37. The number of carbonyl (C=O) groups is 2. The number of nitrogens with one attached hydrogen (secondary N) is 1. The van der Waals surface area contributed by atoms with Gasteiger partial charge in [0.15, 0.2) is 0 Å². The standard InChI is InChI=1S/C17H23NO4/c1-7-12-10-13(18-16(20)22-17(4,5)6)8-9-14(12)21-15(19)11(2)3/h8-10H,2,7H2,1,3-6H3,(H,18,20). The number of hydrogen-bond donors (Lipinski definition) is 1. The molecule has 0 aliphatic rings. The topological polar surface area (TPSA) is 64.6 Å². The largest absolute Gasteiger partial charge is 0.444 e. The van der Waals surface area contributed by atoms with Crippen molar-refractivity contribution in [2.45, 2.75) is 46.6 Å². The summed E-state index contributed by atoms with van der Waals surface area (Å²) in [5.74, 6) is -0.00668. The van der Waals surface area contributed by atoms with Crippen LogP contribution in [0.3, 0.4) is 0 Å². The number of ether oxygens (including phenoxy) is 2. The van der Waals surface area contributed by atoms with Crippen molar-refractivity contribution in [2.75, 3.05) is 5.32 Å². The molecule has 0 saturated heterocycles. The molecule has 22 heavy (non-hydrogen) atoms.